The zero-order valence-corrected chi connectivity index (χ0v) is 21.7. The molecule has 0 bridgehead atoms. The van der Waals surface area contributed by atoms with Crippen LogP contribution in [-0.4, -0.2) is 30.9 Å². The number of fused-ring (bicyclic) bond motifs is 1. The molecule has 0 saturated carbocycles. The number of aromatic amines is 1. The number of H-pyrrole nitrogens is 1. The van der Waals surface area contributed by atoms with Crippen molar-refractivity contribution in [2.75, 3.05) is 10.6 Å². The quantitative estimate of drug-likeness (QED) is 0.211. The van der Waals surface area contributed by atoms with Crippen molar-refractivity contribution in [3.8, 4) is 0 Å². The Bertz CT molecular complexity index is 1590. The number of alkyl halides is 1. The number of benzene rings is 2. The van der Waals surface area contributed by atoms with Crippen LogP contribution in [0.25, 0.3) is 23.1 Å². The fraction of sp³-hybridized carbons (Fsp3) is 0.143. The number of hydrogen-bond donors (Lipinski definition) is 3. The number of hydrogen-bond acceptors (Lipinski definition) is 5. The molecule has 194 valence electrons. The van der Waals surface area contributed by atoms with Gasteiger partial charge >= 0.3 is 0 Å². The van der Waals surface area contributed by atoms with E-state index in [9.17, 15) is 9.18 Å². The van der Waals surface area contributed by atoms with Gasteiger partial charge in [-0.15, -0.1) is 12.4 Å². The van der Waals surface area contributed by atoms with Crippen molar-refractivity contribution >= 4 is 58.4 Å². The third-order valence-corrected chi connectivity index (χ3v) is 5.92. The van der Waals surface area contributed by atoms with E-state index in [-0.39, 0.29) is 18.3 Å². The van der Waals surface area contributed by atoms with Gasteiger partial charge in [-0.3, -0.25) is 19.6 Å². The van der Waals surface area contributed by atoms with Crippen LogP contribution in [0.1, 0.15) is 40.1 Å². The van der Waals surface area contributed by atoms with E-state index in [0.717, 1.165) is 33.7 Å². The number of amides is 1. The zero-order valence-electron chi connectivity index (χ0n) is 20.9. The average molecular weight is 532 g/mol. The monoisotopic (exact) mass is 531 g/mol. The van der Waals surface area contributed by atoms with Crippen molar-refractivity contribution in [3.05, 3.63) is 95.2 Å². The number of carbonyl (C=O) groups is 1. The normalized spacial score (nSPS) is 11.0. The second kappa shape index (κ2) is 11.7. The topological polar surface area (TPSA) is 101 Å². The van der Waals surface area contributed by atoms with Crippen LogP contribution < -0.4 is 10.6 Å². The van der Waals surface area contributed by atoms with Crippen molar-refractivity contribution in [1.82, 2.24) is 25.0 Å². The van der Waals surface area contributed by atoms with Crippen molar-refractivity contribution in [1.29, 1.82) is 0 Å². The highest BCUT2D eigenvalue weighted by Gasteiger charge is 2.15. The summed E-state index contributed by atoms with van der Waals surface area (Å²) in [7, 11) is 0. The molecule has 0 fully saturated rings. The van der Waals surface area contributed by atoms with Gasteiger partial charge in [0.25, 0.3) is 5.91 Å². The molecule has 8 nitrogen and oxygen atoms in total. The van der Waals surface area contributed by atoms with E-state index in [1.54, 1.807) is 35.1 Å². The van der Waals surface area contributed by atoms with Gasteiger partial charge in [-0.1, -0.05) is 12.1 Å². The molecule has 0 unspecified atom stereocenters. The Kier molecular flexibility index (Phi) is 8.18. The number of nitrogens with zero attached hydrogens (tertiary/aromatic N) is 4. The van der Waals surface area contributed by atoms with Crippen LogP contribution in [0.3, 0.4) is 0 Å². The zero-order chi connectivity index (χ0) is 25.8. The van der Waals surface area contributed by atoms with Gasteiger partial charge < -0.3 is 10.6 Å². The molecule has 1 amide bonds. The van der Waals surface area contributed by atoms with E-state index in [4.69, 9.17) is 0 Å². The summed E-state index contributed by atoms with van der Waals surface area (Å²) >= 11 is 0. The van der Waals surface area contributed by atoms with Crippen LogP contribution >= 0.6 is 12.4 Å². The maximum Gasteiger partial charge on any atom is 0.273 e. The van der Waals surface area contributed by atoms with Crippen LogP contribution in [0.15, 0.2) is 66.9 Å². The molecule has 0 aliphatic heterocycles. The van der Waals surface area contributed by atoms with Crippen LogP contribution in [0.2, 0.25) is 0 Å². The molecule has 0 saturated heterocycles. The number of aryl methyl sites for hydroxylation is 2. The average Bonchev–Trinajstić information content (AvgIpc) is 3.50. The molecule has 2 aromatic carbocycles. The Morgan fingerprint density at radius 3 is 2.68 bits per heavy atom. The molecule has 3 N–H and O–H groups in total. The van der Waals surface area contributed by atoms with Gasteiger partial charge in [0.05, 0.1) is 22.6 Å². The lowest BCUT2D eigenvalue weighted by Gasteiger charge is -2.13. The first kappa shape index (κ1) is 26.6. The molecule has 38 heavy (non-hydrogen) atoms. The van der Waals surface area contributed by atoms with Gasteiger partial charge in [0.15, 0.2) is 0 Å². The fourth-order valence-corrected chi connectivity index (χ4v) is 4.09. The standard InChI is InChI=1S/C28H26FN7O.ClH/c1-3-36-27(14-18(2)35-36)28(37)32-22-8-7-19(17-29)25(15-22)31-21-9-11-23-24(33-34-26(23)16-21)12-10-20-6-4-5-13-30-20;/h4-16,31H,3,17H2,1-2H3,(H,32,37)(H,33,34);1H/b12-10+;. The summed E-state index contributed by atoms with van der Waals surface area (Å²) in [5, 5.41) is 18.9. The number of aromatic nitrogens is 5. The van der Waals surface area contributed by atoms with Gasteiger partial charge in [0.1, 0.15) is 12.4 Å². The Labute approximate surface area is 225 Å². The molecular weight excluding hydrogens is 505 g/mol. The van der Waals surface area contributed by atoms with E-state index in [1.165, 1.54) is 0 Å². The van der Waals surface area contributed by atoms with Crippen molar-refractivity contribution in [2.24, 2.45) is 0 Å². The second-order valence-electron chi connectivity index (χ2n) is 8.53. The summed E-state index contributed by atoms with van der Waals surface area (Å²) in [6.45, 7) is 3.71. The summed E-state index contributed by atoms with van der Waals surface area (Å²) in [6, 6.07) is 18.3. The smallest absolute Gasteiger partial charge is 0.273 e. The predicted molar refractivity (Wildman–Crippen MR) is 152 cm³/mol. The van der Waals surface area contributed by atoms with Gasteiger partial charge in [-0.05, 0) is 74.5 Å². The Morgan fingerprint density at radius 1 is 1.08 bits per heavy atom. The maximum absolute atomic E-state index is 13.8. The fourth-order valence-electron chi connectivity index (χ4n) is 4.09. The van der Waals surface area contributed by atoms with E-state index in [2.05, 4.69) is 30.9 Å². The first-order valence-corrected chi connectivity index (χ1v) is 11.9. The highest BCUT2D eigenvalue weighted by atomic mass is 35.5. The molecule has 3 aromatic heterocycles. The van der Waals surface area contributed by atoms with Gasteiger partial charge in [-0.25, -0.2) is 4.39 Å². The lowest BCUT2D eigenvalue weighted by atomic mass is 10.1. The Balaban J connectivity index is 0.00000336. The van der Waals surface area contributed by atoms with E-state index in [1.807, 2.05) is 62.4 Å². The minimum absolute atomic E-state index is 0. The lowest BCUT2D eigenvalue weighted by Crippen LogP contribution is -2.17. The minimum atomic E-state index is -0.646. The summed E-state index contributed by atoms with van der Waals surface area (Å²) in [5.41, 5.74) is 6.07. The number of halogens is 2. The first-order chi connectivity index (χ1) is 18.0. The SMILES string of the molecule is CCn1nc(C)cc1C(=O)Nc1ccc(CF)c(Nc2ccc3c(/C=C/c4ccccn4)n[nH]c3c2)c1.Cl. The third kappa shape index (κ3) is 5.73. The maximum atomic E-state index is 13.8. The second-order valence-corrected chi connectivity index (χ2v) is 8.53. The van der Waals surface area contributed by atoms with Gasteiger partial charge in [0, 0.05) is 40.8 Å². The van der Waals surface area contributed by atoms with Crippen LogP contribution in [0, 0.1) is 6.92 Å². The predicted octanol–water partition coefficient (Wildman–Crippen LogP) is 6.54. The molecule has 10 heteroatoms. The van der Waals surface area contributed by atoms with Crippen molar-refractivity contribution in [2.45, 2.75) is 27.1 Å². The number of nitrogens with one attached hydrogen (secondary N) is 3. The largest absolute Gasteiger partial charge is 0.355 e. The van der Waals surface area contributed by atoms with Crippen molar-refractivity contribution in [3.63, 3.8) is 0 Å². The molecule has 0 radical (unpaired) electrons. The summed E-state index contributed by atoms with van der Waals surface area (Å²) in [5.74, 6) is -0.272. The van der Waals surface area contributed by atoms with Crippen molar-refractivity contribution < 1.29 is 9.18 Å². The Morgan fingerprint density at radius 2 is 1.92 bits per heavy atom. The summed E-state index contributed by atoms with van der Waals surface area (Å²) in [4.78, 5) is 17.1. The van der Waals surface area contributed by atoms with Crippen LogP contribution in [0.5, 0.6) is 0 Å². The first-order valence-electron chi connectivity index (χ1n) is 11.9. The number of carbonyl (C=O) groups excluding carboxylic acids is 1. The molecule has 3 heterocycles. The minimum Gasteiger partial charge on any atom is -0.355 e. The molecule has 0 spiro atoms. The van der Waals surface area contributed by atoms with Gasteiger partial charge in [0.2, 0.25) is 0 Å². The van der Waals surface area contributed by atoms with E-state index >= 15 is 0 Å². The van der Waals surface area contributed by atoms with E-state index in [0.29, 0.717) is 29.2 Å². The van der Waals surface area contributed by atoms with Crippen LogP contribution in [-0.2, 0) is 13.2 Å². The molecular formula is C28H27ClFN7O. The number of rotatable bonds is 8. The lowest BCUT2D eigenvalue weighted by molar-refractivity contribution is 0.101. The molecule has 5 aromatic rings. The highest BCUT2D eigenvalue weighted by molar-refractivity contribution is 6.03. The molecule has 0 atom stereocenters. The Hall–Kier alpha value is -4.50. The number of pyridine rings is 1. The molecule has 5 rings (SSSR count). The summed E-state index contributed by atoms with van der Waals surface area (Å²) < 4.78 is 15.4. The summed E-state index contributed by atoms with van der Waals surface area (Å²) in [6.07, 6.45) is 5.56. The molecule has 0 aliphatic carbocycles. The highest BCUT2D eigenvalue weighted by Crippen LogP contribution is 2.28. The molecule has 0 aliphatic rings. The van der Waals surface area contributed by atoms with Gasteiger partial charge in [-0.2, -0.15) is 10.2 Å². The third-order valence-electron chi connectivity index (χ3n) is 5.92. The van der Waals surface area contributed by atoms with E-state index < -0.39 is 6.67 Å². The number of anilines is 3. The van der Waals surface area contributed by atoms with Crippen LogP contribution in [0.4, 0.5) is 21.5 Å².